The lowest BCUT2D eigenvalue weighted by Gasteiger charge is -2.20. The maximum absolute atomic E-state index is 9.38. The topological polar surface area (TPSA) is 39.9 Å². The van der Waals surface area contributed by atoms with Crippen LogP contribution >= 0.6 is 15.9 Å². The smallest absolute Gasteiger partial charge is 0.146 e. The molecule has 0 radical (unpaired) electrons. The number of halogens is 1. The number of benzene rings is 1. The summed E-state index contributed by atoms with van der Waals surface area (Å²) in [7, 11) is 1.99. The molecule has 0 amide bonds. The standard InChI is InChI=1S/C17H16BrN3/c1-21(11-12-5-7-15(18)8-6-12)17-14(10-19)9-13-3-2-4-16(13)20-17/h5-9H,2-4,11H2,1H3. The van der Waals surface area contributed by atoms with Crippen molar-refractivity contribution in [3.63, 3.8) is 0 Å². The Morgan fingerprint density at radius 1 is 1.29 bits per heavy atom. The van der Waals surface area contributed by atoms with Crippen LogP contribution in [-0.2, 0) is 19.4 Å². The van der Waals surface area contributed by atoms with E-state index in [-0.39, 0.29) is 0 Å². The number of rotatable bonds is 3. The molecule has 0 bridgehead atoms. The van der Waals surface area contributed by atoms with Crippen molar-refractivity contribution in [1.82, 2.24) is 4.98 Å². The first kappa shape index (κ1) is 14.1. The maximum Gasteiger partial charge on any atom is 0.146 e. The van der Waals surface area contributed by atoms with Gasteiger partial charge in [-0.2, -0.15) is 5.26 Å². The summed E-state index contributed by atoms with van der Waals surface area (Å²) < 4.78 is 1.07. The molecule has 0 fully saturated rings. The Hall–Kier alpha value is -1.86. The largest absolute Gasteiger partial charge is 0.354 e. The second-order valence-corrected chi connectivity index (χ2v) is 6.33. The van der Waals surface area contributed by atoms with E-state index in [0.717, 1.165) is 41.8 Å². The van der Waals surface area contributed by atoms with E-state index >= 15 is 0 Å². The molecule has 1 heterocycles. The summed E-state index contributed by atoms with van der Waals surface area (Å²) in [5.41, 5.74) is 4.28. The molecule has 106 valence electrons. The minimum atomic E-state index is 0.676. The lowest BCUT2D eigenvalue weighted by atomic mass is 10.1. The summed E-state index contributed by atoms with van der Waals surface area (Å²) in [6.07, 6.45) is 3.22. The van der Waals surface area contributed by atoms with Gasteiger partial charge in [0.1, 0.15) is 11.9 Å². The van der Waals surface area contributed by atoms with Crippen LogP contribution in [0.15, 0.2) is 34.8 Å². The second kappa shape index (κ2) is 5.87. The predicted octanol–water partition coefficient (Wildman–Crippen LogP) is 3.84. The van der Waals surface area contributed by atoms with Gasteiger partial charge >= 0.3 is 0 Å². The van der Waals surface area contributed by atoms with Crippen LogP contribution in [-0.4, -0.2) is 12.0 Å². The maximum atomic E-state index is 9.38. The summed E-state index contributed by atoms with van der Waals surface area (Å²) in [5.74, 6) is 0.793. The Morgan fingerprint density at radius 3 is 2.76 bits per heavy atom. The third-order valence-electron chi connectivity index (χ3n) is 3.85. The first-order chi connectivity index (χ1) is 10.2. The number of aryl methyl sites for hydroxylation is 2. The molecular formula is C17H16BrN3. The van der Waals surface area contributed by atoms with Crippen molar-refractivity contribution >= 4 is 21.7 Å². The molecule has 21 heavy (non-hydrogen) atoms. The molecule has 0 atom stereocenters. The lowest BCUT2D eigenvalue weighted by molar-refractivity contribution is 0.872. The summed E-state index contributed by atoms with van der Waals surface area (Å²) in [4.78, 5) is 6.79. The molecular weight excluding hydrogens is 326 g/mol. The molecule has 1 aliphatic rings. The zero-order valence-electron chi connectivity index (χ0n) is 11.9. The molecule has 0 saturated carbocycles. The molecule has 1 aromatic carbocycles. The Labute approximate surface area is 133 Å². The van der Waals surface area contributed by atoms with Crippen molar-refractivity contribution in [1.29, 1.82) is 5.26 Å². The van der Waals surface area contributed by atoms with Gasteiger partial charge in [0.05, 0.1) is 5.56 Å². The Kier molecular flexibility index (Phi) is 3.94. The lowest BCUT2D eigenvalue weighted by Crippen LogP contribution is -2.19. The van der Waals surface area contributed by atoms with E-state index in [1.165, 1.54) is 11.1 Å². The van der Waals surface area contributed by atoms with Crippen molar-refractivity contribution in [2.75, 3.05) is 11.9 Å². The van der Waals surface area contributed by atoms with E-state index in [0.29, 0.717) is 5.56 Å². The first-order valence-corrected chi connectivity index (χ1v) is 7.85. The van der Waals surface area contributed by atoms with Crippen LogP contribution < -0.4 is 4.90 Å². The minimum Gasteiger partial charge on any atom is -0.354 e. The summed E-state index contributed by atoms with van der Waals surface area (Å²) in [6.45, 7) is 0.744. The summed E-state index contributed by atoms with van der Waals surface area (Å²) in [5, 5.41) is 9.38. The van der Waals surface area contributed by atoms with Crippen molar-refractivity contribution in [3.05, 3.63) is 57.2 Å². The van der Waals surface area contributed by atoms with Gasteiger partial charge in [0.25, 0.3) is 0 Å². The third kappa shape index (κ3) is 2.93. The van der Waals surface area contributed by atoms with E-state index in [9.17, 15) is 5.26 Å². The quantitative estimate of drug-likeness (QED) is 0.851. The van der Waals surface area contributed by atoms with Gasteiger partial charge in [-0.05, 0) is 48.6 Å². The van der Waals surface area contributed by atoms with E-state index < -0.39 is 0 Å². The highest BCUT2D eigenvalue weighted by atomic mass is 79.9. The molecule has 0 saturated heterocycles. The van der Waals surface area contributed by atoms with Gasteiger partial charge < -0.3 is 4.90 Å². The van der Waals surface area contributed by atoms with Gasteiger partial charge in [0, 0.05) is 23.8 Å². The fourth-order valence-corrected chi connectivity index (χ4v) is 3.04. The Balaban J connectivity index is 1.89. The fraction of sp³-hybridized carbons (Fsp3) is 0.294. The predicted molar refractivity (Wildman–Crippen MR) is 87.2 cm³/mol. The zero-order chi connectivity index (χ0) is 14.8. The highest BCUT2D eigenvalue weighted by Crippen LogP contribution is 2.27. The average molecular weight is 342 g/mol. The van der Waals surface area contributed by atoms with Crippen LogP contribution in [0.5, 0.6) is 0 Å². The molecule has 0 N–H and O–H groups in total. The third-order valence-corrected chi connectivity index (χ3v) is 4.37. The second-order valence-electron chi connectivity index (χ2n) is 5.41. The van der Waals surface area contributed by atoms with Crippen LogP contribution in [0.2, 0.25) is 0 Å². The molecule has 0 aliphatic heterocycles. The van der Waals surface area contributed by atoms with Gasteiger partial charge in [0.2, 0.25) is 0 Å². The number of fused-ring (bicyclic) bond motifs is 1. The van der Waals surface area contributed by atoms with E-state index in [4.69, 9.17) is 4.98 Å². The Morgan fingerprint density at radius 2 is 2.05 bits per heavy atom. The van der Waals surface area contributed by atoms with Crippen molar-refractivity contribution in [2.24, 2.45) is 0 Å². The molecule has 3 rings (SSSR count). The van der Waals surface area contributed by atoms with Gasteiger partial charge in [-0.15, -0.1) is 0 Å². The number of aromatic nitrogens is 1. The molecule has 2 aromatic rings. The van der Waals surface area contributed by atoms with Crippen LogP contribution in [0, 0.1) is 11.3 Å². The van der Waals surface area contributed by atoms with Crippen LogP contribution in [0.4, 0.5) is 5.82 Å². The number of anilines is 1. The monoisotopic (exact) mass is 341 g/mol. The van der Waals surface area contributed by atoms with Crippen LogP contribution in [0.25, 0.3) is 0 Å². The minimum absolute atomic E-state index is 0.676. The average Bonchev–Trinajstić information content (AvgIpc) is 2.95. The van der Waals surface area contributed by atoms with Crippen LogP contribution in [0.3, 0.4) is 0 Å². The number of hydrogen-bond donors (Lipinski definition) is 0. The summed E-state index contributed by atoms with van der Waals surface area (Å²) >= 11 is 3.44. The van der Waals surface area contributed by atoms with Gasteiger partial charge in [-0.25, -0.2) is 4.98 Å². The molecule has 3 nitrogen and oxygen atoms in total. The first-order valence-electron chi connectivity index (χ1n) is 7.06. The highest BCUT2D eigenvalue weighted by Gasteiger charge is 2.18. The van der Waals surface area contributed by atoms with E-state index in [1.54, 1.807) is 0 Å². The SMILES string of the molecule is CN(Cc1ccc(Br)cc1)c1nc2c(cc1C#N)CCC2. The number of nitrogens with zero attached hydrogens (tertiary/aromatic N) is 3. The number of hydrogen-bond acceptors (Lipinski definition) is 3. The van der Waals surface area contributed by atoms with Crippen LogP contribution in [0.1, 0.15) is 28.8 Å². The number of nitriles is 1. The van der Waals surface area contributed by atoms with Crippen molar-refractivity contribution in [3.8, 4) is 6.07 Å². The molecule has 4 heteroatoms. The highest BCUT2D eigenvalue weighted by molar-refractivity contribution is 9.10. The number of pyridine rings is 1. The van der Waals surface area contributed by atoms with Gasteiger partial charge in [-0.1, -0.05) is 28.1 Å². The van der Waals surface area contributed by atoms with Gasteiger partial charge in [-0.3, -0.25) is 0 Å². The van der Waals surface area contributed by atoms with Gasteiger partial charge in [0.15, 0.2) is 0 Å². The Bertz CT molecular complexity index is 701. The van der Waals surface area contributed by atoms with E-state index in [1.807, 2.05) is 25.2 Å². The molecule has 0 spiro atoms. The summed E-state index contributed by atoms with van der Waals surface area (Å²) in [6, 6.07) is 12.5. The molecule has 1 aliphatic carbocycles. The van der Waals surface area contributed by atoms with Crippen molar-refractivity contribution < 1.29 is 0 Å². The molecule has 1 aromatic heterocycles. The van der Waals surface area contributed by atoms with Crippen molar-refractivity contribution in [2.45, 2.75) is 25.8 Å². The zero-order valence-corrected chi connectivity index (χ0v) is 13.5. The fourth-order valence-electron chi connectivity index (χ4n) is 2.77. The molecule has 0 unspecified atom stereocenters. The normalized spacial score (nSPS) is 12.8. The van der Waals surface area contributed by atoms with E-state index in [2.05, 4.69) is 39.0 Å².